The average Bonchev–Trinajstić information content (AvgIpc) is 2.63. The largest absolute Gasteiger partial charge is 0.352 e. The highest BCUT2D eigenvalue weighted by atomic mass is 16.5. The normalized spacial score (nSPS) is 26.9. The Kier molecular flexibility index (Phi) is 3.60. The van der Waals surface area contributed by atoms with Gasteiger partial charge in [0.15, 0.2) is 0 Å². The molecule has 1 aliphatic rings. The summed E-state index contributed by atoms with van der Waals surface area (Å²) < 4.78 is 6.02. The van der Waals surface area contributed by atoms with Crippen molar-refractivity contribution in [3.8, 4) is 0 Å². The summed E-state index contributed by atoms with van der Waals surface area (Å²) in [5.74, 6) is 0. The number of benzene rings is 1. The summed E-state index contributed by atoms with van der Waals surface area (Å²) in [6, 6.07) is 10.4. The summed E-state index contributed by atoms with van der Waals surface area (Å²) in [6.07, 6.45) is 2.38. The lowest BCUT2D eigenvalue weighted by molar-refractivity contribution is -0.108. The molecule has 0 bridgehead atoms. The van der Waals surface area contributed by atoms with Gasteiger partial charge in [-0.3, -0.25) is 5.32 Å². The van der Waals surface area contributed by atoms with Crippen LogP contribution in [-0.2, 0) is 9.53 Å². The zero-order valence-corrected chi connectivity index (χ0v) is 10.3. The second kappa shape index (κ2) is 4.98. The van der Waals surface area contributed by atoms with Crippen molar-refractivity contribution in [1.82, 2.24) is 5.32 Å². The maximum Gasteiger partial charge on any atom is 0.120 e. The highest BCUT2D eigenvalue weighted by Gasteiger charge is 2.39. The quantitative estimate of drug-likeness (QED) is 0.812. The van der Waals surface area contributed by atoms with Crippen molar-refractivity contribution in [1.29, 1.82) is 0 Å². The smallest absolute Gasteiger partial charge is 0.120 e. The van der Waals surface area contributed by atoms with E-state index in [0.717, 1.165) is 12.7 Å². The first kappa shape index (κ1) is 12.3. The van der Waals surface area contributed by atoms with Crippen LogP contribution in [-0.4, -0.2) is 18.1 Å². The highest BCUT2D eigenvalue weighted by molar-refractivity contribution is 5.49. The van der Waals surface area contributed by atoms with Gasteiger partial charge in [0.1, 0.15) is 18.1 Å². The minimum absolute atomic E-state index is 0.0335. The van der Waals surface area contributed by atoms with Crippen LogP contribution in [0.25, 0.3) is 0 Å². The summed E-state index contributed by atoms with van der Waals surface area (Å²) in [4.78, 5) is 10.5. The van der Waals surface area contributed by atoms with Crippen LogP contribution < -0.4 is 5.32 Å². The van der Waals surface area contributed by atoms with Crippen LogP contribution in [0.5, 0.6) is 0 Å². The van der Waals surface area contributed by atoms with Crippen molar-refractivity contribution >= 4 is 6.29 Å². The molecule has 0 amide bonds. The van der Waals surface area contributed by atoms with E-state index >= 15 is 0 Å². The summed E-state index contributed by atoms with van der Waals surface area (Å²) in [5, 5.41) is 3.43. The van der Waals surface area contributed by atoms with E-state index in [0.29, 0.717) is 6.42 Å². The molecule has 1 aliphatic heterocycles. The Morgan fingerprint density at radius 1 is 1.35 bits per heavy atom. The Morgan fingerprint density at radius 2 is 2.06 bits per heavy atom. The summed E-state index contributed by atoms with van der Waals surface area (Å²) in [7, 11) is 0. The maximum absolute atomic E-state index is 10.5. The predicted octanol–water partition coefficient (Wildman–Crippen LogP) is 2.43. The number of aldehydes is 1. The molecule has 1 saturated heterocycles. The molecule has 1 N–H and O–H groups in total. The van der Waals surface area contributed by atoms with Crippen LogP contribution in [0.4, 0.5) is 0 Å². The molecule has 0 radical (unpaired) electrons. The molecule has 2 rings (SSSR count). The van der Waals surface area contributed by atoms with E-state index in [1.54, 1.807) is 0 Å². The molecule has 3 nitrogen and oxygen atoms in total. The van der Waals surface area contributed by atoms with E-state index in [1.165, 1.54) is 5.56 Å². The standard InChI is InChI=1S/C14H19NO2/c1-14(2)15-12(9-6-10-16)13(17-14)11-7-4-3-5-8-11/h3-5,7-8,10,12-13,15H,6,9H2,1-2H3/t12-,13-/m1/s1. The van der Waals surface area contributed by atoms with Crippen molar-refractivity contribution in [2.45, 2.75) is 44.6 Å². The SMILES string of the molecule is CC1(C)N[C@H](CCC=O)[C@@H](c2ccccc2)O1. The molecule has 1 heterocycles. The molecule has 1 aromatic carbocycles. The first-order valence-corrected chi connectivity index (χ1v) is 6.06. The lowest BCUT2D eigenvalue weighted by Gasteiger charge is -2.18. The van der Waals surface area contributed by atoms with Crippen LogP contribution in [0.1, 0.15) is 38.4 Å². The number of carbonyl (C=O) groups is 1. The zero-order chi connectivity index (χ0) is 12.3. The van der Waals surface area contributed by atoms with E-state index in [2.05, 4.69) is 17.4 Å². The lowest BCUT2D eigenvalue weighted by Crippen LogP contribution is -2.38. The Balaban J connectivity index is 2.15. The predicted molar refractivity (Wildman–Crippen MR) is 66.6 cm³/mol. The molecule has 0 saturated carbocycles. The number of carbonyl (C=O) groups excluding carboxylic acids is 1. The minimum atomic E-state index is -0.325. The third-order valence-electron chi connectivity index (χ3n) is 3.04. The van der Waals surface area contributed by atoms with Crippen molar-refractivity contribution in [2.24, 2.45) is 0 Å². The minimum Gasteiger partial charge on any atom is -0.352 e. The highest BCUT2D eigenvalue weighted by Crippen LogP contribution is 2.34. The lowest BCUT2D eigenvalue weighted by atomic mass is 9.99. The molecule has 1 fully saturated rings. The Bertz CT molecular complexity index is 375. The zero-order valence-electron chi connectivity index (χ0n) is 10.3. The molecule has 0 spiro atoms. The van der Waals surface area contributed by atoms with Gasteiger partial charge in [-0.05, 0) is 25.8 Å². The third-order valence-corrected chi connectivity index (χ3v) is 3.04. The van der Waals surface area contributed by atoms with Gasteiger partial charge in [0.25, 0.3) is 0 Å². The average molecular weight is 233 g/mol. The summed E-state index contributed by atoms with van der Waals surface area (Å²) in [6.45, 7) is 4.04. The Hall–Kier alpha value is -1.19. The molecule has 0 aliphatic carbocycles. The van der Waals surface area contributed by atoms with E-state index in [4.69, 9.17) is 4.74 Å². The molecule has 2 atom stereocenters. The maximum atomic E-state index is 10.5. The first-order chi connectivity index (χ1) is 8.12. The summed E-state index contributed by atoms with van der Waals surface area (Å²) >= 11 is 0. The van der Waals surface area contributed by atoms with Crippen molar-refractivity contribution in [2.75, 3.05) is 0 Å². The first-order valence-electron chi connectivity index (χ1n) is 6.06. The van der Waals surface area contributed by atoms with Gasteiger partial charge in [-0.15, -0.1) is 0 Å². The molecule has 0 aromatic heterocycles. The van der Waals surface area contributed by atoms with Crippen molar-refractivity contribution < 1.29 is 9.53 Å². The molecular weight excluding hydrogens is 214 g/mol. The van der Waals surface area contributed by atoms with Gasteiger partial charge in [0, 0.05) is 12.5 Å². The van der Waals surface area contributed by atoms with Gasteiger partial charge in [-0.2, -0.15) is 0 Å². The van der Waals surface area contributed by atoms with E-state index in [9.17, 15) is 4.79 Å². The van der Waals surface area contributed by atoms with Crippen LogP contribution in [0.2, 0.25) is 0 Å². The van der Waals surface area contributed by atoms with Gasteiger partial charge in [0.05, 0.1) is 0 Å². The van der Waals surface area contributed by atoms with Crippen LogP contribution in [0.3, 0.4) is 0 Å². The number of hydrogen-bond donors (Lipinski definition) is 1. The van der Waals surface area contributed by atoms with Crippen LogP contribution >= 0.6 is 0 Å². The van der Waals surface area contributed by atoms with E-state index in [-0.39, 0.29) is 17.9 Å². The molecule has 3 heteroatoms. The van der Waals surface area contributed by atoms with E-state index < -0.39 is 0 Å². The Labute approximate surface area is 102 Å². The molecule has 0 unspecified atom stereocenters. The van der Waals surface area contributed by atoms with Gasteiger partial charge < -0.3 is 9.53 Å². The molecule has 17 heavy (non-hydrogen) atoms. The number of hydrogen-bond acceptors (Lipinski definition) is 3. The molecule has 1 aromatic rings. The fraction of sp³-hybridized carbons (Fsp3) is 0.500. The van der Waals surface area contributed by atoms with Crippen molar-refractivity contribution in [3.63, 3.8) is 0 Å². The third kappa shape index (κ3) is 2.93. The molecular formula is C14H19NO2. The second-order valence-electron chi connectivity index (χ2n) is 4.95. The van der Waals surface area contributed by atoms with Crippen LogP contribution in [0, 0.1) is 0 Å². The Morgan fingerprint density at radius 3 is 2.71 bits per heavy atom. The fourth-order valence-electron chi connectivity index (χ4n) is 2.37. The van der Waals surface area contributed by atoms with Gasteiger partial charge in [-0.25, -0.2) is 0 Å². The summed E-state index contributed by atoms with van der Waals surface area (Å²) in [5.41, 5.74) is 0.843. The number of ether oxygens (including phenoxy) is 1. The van der Waals surface area contributed by atoms with Gasteiger partial charge >= 0.3 is 0 Å². The monoisotopic (exact) mass is 233 g/mol. The van der Waals surface area contributed by atoms with Gasteiger partial charge in [0.2, 0.25) is 0 Å². The second-order valence-corrected chi connectivity index (χ2v) is 4.95. The number of nitrogens with one attached hydrogen (secondary N) is 1. The number of rotatable bonds is 4. The van der Waals surface area contributed by atoms with E-state index in [1.807, 2.05) is 32.0 Å². The van der Waals surface area contributed by atoms with Crippen LogP contribution in [0.15, 0.2) is 30.3 Å². The van der Waals surface area contributed by atoms with Gasteiger partial charge in [-0.1, -0.05) is 30.3 Å². The van der Waals surface area contributed by atoms with Crippen molar-refractivity contribution in [3.05, 3.63) is 35.9 Å². The fourth-order valence-corrected chi connectivity index (χ4v) is 2.37. The molecule has 92 valence electrons. The topological polar surface area (TPSA) is 38.3 Å².